The van der Waals surface area contributed by atoms with Crippen LogP contribution in [0.1, 0.15) is 117 Å². The van der Waals surface area contributed by atoms with E-state index in [1.165, 1.54) is 21.3 Å². The molecule has 0 amide bonds. The van der Waals surface area contributed by atoms with Crippen molar-refractivity contribution >= 4 is 40.7 Å². The van der Waals surface area contributed by atoms with E-state index in [0.717, 1.165) is 33.4 Å². The molecule has 6 aromatic carbocycles. The largest absolute Gasteiger partial charge is 0.507 e. The van der Waals surface area contributed by atoms with E-state index in [9.17, 15) is 48.3 Å². The number of methoxy groups -OCH3 is 3. The van der Waals surface area contributed by atoms with Crippen LogP contribution in [0.5, 0.6) is 51.7 Å². The van der Waals surface area contributed by atoms with Gasteiger partial charge in [0, 0.05) is 33.4 Å². The number of para-hydroxylation sites is 3. The van der Waals surface area contributed by atoms with Crippen molar-refractivity contribution in [2.75, 3.05) is 60.2 Å². The number of cyclic esters (lactones) is 3. The van der Waals surface area contributed by atoms with Crippen molar-refractivity contribution < 1.29 is 114 Å². The van der Waals surface area contributed by atoms with E-state index >= 15 is 0 Å². The Hall–Kier alpha value is -8.40. The summed E-state index contributed by atoms with van der Waals surface area (Å²) in [7, 11) is -7.35. The maximum Gasteiger partial charge on any atom is 0.456 e. The van der Waals surface area contributed by atoms with E-state index in [4.69, 9.17) is 66.0 Å². The minimum absolute atomic E-state index is 0. The van der Waals surface area contributed by atoms with Gasteiger partial charge in [-0.15, -0.1) is 0 Å². The molecule has 0 saturated heterocycles. The van der Waals surface area contributed by atoms with Crippen molar-refractivity contribution in [3.8, 4) is 51.7 Å². The Labute approximate surface area is 552 Å². The number of ether oxygens (including phenoxy) is 9. The van der Waals surface area contributed by atoms with Gasteiger partial charge in [-0.25, -0.2) is 23.5 Å². The Balaban J connectivity index is 0.000000260. The number of benzene rings is 6. The summed E-state index contributed by atoms with van der Waals surface area (Å²) < 4.78 is 101. The summed E-state index contributed by atoms with van der Waals surface area (Å²) in [6, 6.07) is 25.9. The lowest BCUT2D eigenvalue weighted by Gasteiger charge is -2.20. The van der Waals surface area contributed by atoms with Gasteiger partial charge in [0.25, 0.3) is 0 Å². The number of hydrogen-bond donors (Lipinski definition) is 6. The fraction of sp³-hybridized carbons (Fsp3) is 0.338. The molecule has 3 aliphatic heterocycles. The molecule has 0 bridgehead atoms. The summed E-state index contributed by atoms with van der Waals surface area (Å²) >= 11 is 0. The molecule has 1 unspecified atom stereocenters. The normalized spacial score (nSPS) is 13.9. The SMILES string of the molecule is C.C.COc1c(C)c2c(c(O)c1C/C=C(\C)COCP(=O)(O)O)C(=O)OC2.COc1c(C)c2c(c(O)c1C/C=C(\C)COCP(=O)(O)Oc1ccccc1)C(=O)OC2.COc1c(C)c2c(c(O)c1C/C=C(\C)COCP(=O)(Oc1ccccc1)Oc1ccccc1)C(=O)OC2. The Morgan fingerprint density at radius 1 is 0.453 bits per heavy atom. The summed E-state index contributed by atoms with van der Waals surface area (Å²) in [4.78, 5) is 63.4. The van der Waals surface area contributed by atoms with Crippen molar-refractivity contribution in [3.05, 3.63) is 193 Å². The molecule has 0 saturated carbocycles. The van der Waals surface area contributed by atoms with Gasteiger partial charge in [0.1, 0.15) is 94.6 Å². The smallest absolute Gasteiger partial charge is 0.456 e. The molecule has 27 heteroatoms. The van der Waals surface area contributed by atoms with Gasteiger partial charge in [0.15, 0.2) is 12.7 Å². The molecule has 0 spiro atoms. The van der Waals surface area contributed by atoms with Crippen LogP contribution in [-0.2, 0) is 81.2 Å². The molecule has 95 heavy (non-hydrogen) atoms. The molecule has 0 aromatic heterocycles. The predicted molar refractivity (Wildman–Crippen MR) is 355 cm³/mol. The second kappa shape index (κ2) is 34.8. The molecule has 3 heterocycles. The van der Waals surface area contributed by atoms with Crippen molar-refractivity contribution in [1.82, 2.24) is 0 Å². The van der Waals surface area contributed by atoms with Crippen LogP contribution in [0.2, 0.25) is 0 Å². The van der Waals surface area contributed by atoms with Gasteiger partial charge in [-0.2, -0.15) is 0 Å². The lowest BCUT2D eigenvalue weighted by atomic mass is 9.95. The topological polar surface area (TPSA) is 335 Å². The van der Waals surface area contributed by atoms with Crippen LogP contribution in [0.25, 0.3) is 0 Å². The lowest BCUT2D eigenvalue weighted by molar-refractivity contribution is 0.0523. The van der Waals surface area contributed by atoms with Crippen LogP contribution in [-0.4, -0.2) is 108 Å². The van der Waals surface area contributed by atoms with Crippen LogP contribution in [0.15, 0.2) is 126 Å². The van der Waals surface area contributed by atoms with Gasteiger partial charge in [0.05, 0.1) is 41.2 Å². The fourth-order valence-corrected chi connectivity index (χ4v) is 12.6. The number of aromatic hydroxyl groups is 3. The van der Waals surface area contributed by atoms with E-state index in [1.54, 1.807) is 112 Å². The molecule has 1 atom stereocenters. The molecule has 6 N–H and O–H groups in total. The van der Waals surface area contributed by atoms with Crippen LogP contribution >= 0.6 is 22.8 Å². The zero-order valence-electron chi connectivity index (χ0n) is 52.8. The van der Waals surface area contributed by atoms with E-state index < -0.39 is 53.4 Å². The quantitative estimate of drug-likeness (QED) is 0.0121. The maximum atomic E-state index is 13.5. The summed E-state index contributed by atoms with van der Waals surface area (Å²) in [5.74, 6) is 0.473. The number of carbonyl (C=O) groups is 3. The van der Waals surface area contributed by atoms with E-state index in [2.05, 4.69) is 0 Å². The summed E-state index contributed by atoms with van der Waals surface area (Å²) in [5, 5.41) is 31.9. The van der Waals surface area contributed by atoms with Crippen LogP contribution in [0, 0.1) is 20.8 Å². The van der Waals surface area contributed by atoms with Crippen molar-refractivity contribution in [2.45, 2.75) is 95.5 Å². The van der Waals surface area contributed by atoms with E-state index in [-0.39, 0.29) is 113 Å². The molecule has 9 rings (SSSR count). The molecule has 0 aliphatic carbocycles. The number of fused-ring (bicyclic) bond motifs is 3. The number of phenols is 3. The Kier molecular flexibility index (Phi) is 28.4. The second-order valence-electron chi connectivity index (χ2n) is 21.6. The number of allylic oxidation sites excluding steroid dienone is 3. The molecule has 0 radical (unpaired) electrons. The molecule has 6 aromatic rings. The highest BCUT2D eigenvalue weighted by Gasteiger charge is 2.35. The molecular formula is C68H83O24P3. The zero-order valence-corrected chi connectivity index (χ0v) is 55.4. The van der Waals surface area contributed by atoms with Gasteiger partial charge in [-0.05, 0) is 114 Å². The summed E-state index contributed by atoms with van der Waals surface area (Å²) in [5.41, 5.74) is 8.36. The van der Waals surface area contributed by atoms with Gasteiger partial charge >= 0.3 is 40.7 Å². The number of rotatable bonds is 27. The first-order valence-corrected chi connectivity index (χ1v) is 34.1. The number of phenolic OH excluding ortho intramolecular Hbond substituents is 3. The van der Waals surface area contributed by atoms with Crippen molar-refractivity contribution in [2.24, 2.45) is 0 Å². The minimum atomic E-state index is -4.20. The third kappa shape index (κ3) is 20.3. The first kappa shape index (κ1) is 77.3. The molecule has 24 nitrogen and oxygen atoms in total. The van der Waals surface area contributed by atoms with Crippen LogP contribution in [0.4, 0.5) is 0 Å². The first-order chi connectivity index (χ1) is 44.2. The third-order valence-electron chi connectivity index (χ3n) is 14.6. The minimum Gasteiger partial charge on any atom is -0.507 e. The Morgan fingerprint density at radius 2 is 0.737 bits per heavy atom. The zero-order chi connectivity index (χ0) is 67.8. The Morgan fingerprint density at radius 3 is 1.03 bits per heavy atom. The molecule has 514 valence electrons. The second-order valence-corrected chi connectivity index (χ2v) is 26.7. The van der Waals surface area contributed by atoms with Crippen LogP contribution < -0.4 is 27.8 Å². The average molecular weight is 1380 g/mol. The molecule has 3 aliphatic rings. The van der Waals surface area contributed by atoms with Gasteiger partial charge in [0.2, 0.25) is 0 Å². The van der Waals surface area contributed by atoms with E-state index in [0.29, 0.717) is 68.5 Å². The average Bonchev–Trinajstić information content (AvgIpc) is 1.75. The highest BCUT2D eigenvalue weighted by atomic mass is 31.2. The molecule has 0 fully saturated rings. The van der Waals surface area contributed by atoms with Gasteiger partial charge < -0.3 is 86.2 Å². The number of hydrogen-bond acceptors (Lipinski definition) is 21. The predicted octanol–water partition coefficient (Wildman–Crippen LogP) is 13.6. The lowest BCUT2D eigenvalue weighted by Crippen LogP contribution is -2.09. The number of esters is 3. The maximum absolute atomic E-state index is 13.5. The summed E-state index contributed by atoms with van der Waals surface area (Å²) in [6.07, 6.45) is 4.83. The van der Waals surface area contributed by atoms with E-state index in [1.807, 2.05) is 39.0 Å². The first-order valence-electron chi connectivity index (χ1n) is 28.8. The molecular weight excluding hydrogens is 1290 g/mol. The fourth-order valence-electron chi connectivity index (χ4n) is 10.1. The highest BCUT2D eigenvalue weighted by molar-refractivity contribution is 7.54. The van der Waals surface area contributed by atoms with Gasteiger partial charge in [-0.3, -0.25) is 4.57 Å². The van der Waals surface area contributed by atoms with Crippen LogP contribution in [0.3, 0.4) is 0 Å². The number of carbonyl (C=O) groups excluding carboxylic acids is 3. The standard InChI is InChI=1S/C28H29O8P.C22H25O8P.C16H21O8P.2CH4/c1-19(14-15-23-26(29)25-24(17-34-28(25)30)20(2)27(23)32-3)16-33-18-37(31,35-21-10-6-4-7-11-21)36-22-12-8-5-9-13-22;1-14(11-28-13-31(25,26)30-16-7-5-4-6-8-16)9-10-17-20(23)19-18(12-29-22(19)24)15(2)21(17)27-3;1-9(6-23-8-25(19,20)21)4-5-11-14(17)13-12(7-24-16(13)18)10(2)15(11)22-3;;/h4-14,29H,15-18H2,1-3H3;4-9,23H,10-13H2,1-3H3,(H,25,26);4,17H,5-8H2,1-3H3,(H2,19,20,21);2*1H4/b19-14+;14-9+;9-4+;;. The van der Waals surface area contributed by atoms with Gasteiger partial charge in [-0.1, -0.05) is 104 Å². The van der Waals surface area contributed by atoms with Crippen molar-refractivity contribution in [3.63, 3.8) is 0 Å². The summed E-state index contributed by atoms with van der Waals surface area (Å²) in [6.45, 7) is 11.4. The third-order valence-corrected chi connectivity index (χ3v) is 17.6. The van der Waals surface area contributed by atoms with Crippen molar-refractivity contribution in [1.29, 1.82) is 0 Å². The monoisotopic (exact) mass is 1380 g/mol. The highest BCUT2D eigenvalue weighted by Crippen LogP contribution is 2.50. The Bertz CT molecular complexity index is 3890.